The summed E-state index contributed by atoms with van der Waals surface area (Å²) >= 11 is 1.56. The normalized spacial score (nSPS) is 10.8. The number of aromatic amines is 1. The molecule has 3 aromatic rings. The highest BCUT2D eigenvalue weighted by molar-refractivity contribution is 7.99. The maximum Gasteiger partial charge on any atom is 0.247 e. The number of nitrogens with one attached hydrogen (secondary N) is 1. The molecule has 0 aliphatic heterocycles. The van der Waals surface area contributed by atoms with Crippen molar-refractivity contribution in [2.45, 2.75) is 18.5 Å². The van der Waals surface area contributed by atoms with Gasteiger partial charge in [0.15, 0.2) is 0 Å². The second kappa shape index (κ2) is 5.87. The summed E-state index contributed by atoms with van der Waals surface area (Å²) in [6, 6.07) is 9.74. The number of benzene rings is 1. The van der Waals surface area contributed by atoms with E-state index in [1.807, 2.05) is 37.3 Å². The number of thioether (sulfide) groups is 1. The first-order valence-corrected chi connectivity index (χ1v) is 7.19. The molecular weight excluding hydrogens is 274 g/mol. The molecule has 1 N–H and O–H groups in total. The van der Waals surface area contributed by atoms with Crippen LogP contribution in [0.4, 0.5) is 0 Å². The molecule has 0 saturated carbocycles. The minimum absolute atomic E-state index is 0.555. The molecule has 3 rings (SSSR count). The lowest BCUT2D eigenvalue weighted by atomic mass is 10.2. The van der Waals surface area contributed by atoms with Gasteiger partial charge < -0.3 is 4.42 Å². The molecule has 0 fully saturated rings. The predicted octanol–water partition coefficient (Wildman–Crippen LogP) is 2.50. The van der Waals surface area contributed by atoms with E-state index in [1.165, 1.54) is 0 Å². The van der Waals surface area contributed by atoms with Crippen LogP contribution in [0.2, 0.25) is 0 Å². The fourth-order valence-corrected chi connectivity index (χ4v) is 2.44. The number of H-pyrrole nitrogens is 1. The summed E-state index contributed by atoms with van der Waals surface area (Å²) in [5.74, 6) is 2.80. The van der Waals surface area contributed by atoms with Crippen molar-refractivity contribution in [2.75, 3.05) is 5.75 Å². The third-order valence-corrected chi connectivity index (χ3v) is 3.46. The smallest absolute Gasteiger partial charge is 0.247 e. The van der Waals surface area contributed by atoms with Crippen molar-refractivity contribution in [3.05, 3.63) is 42.0 Å². The summed E-state index contributed by atoms with van der Waals surface area (Å²) in [7, 11) is 0. The number of aryl methyl sites for hydroxylation is 2. The maximum atomic E-state index is 5.63. The van der Waals surface area contributed by atoms with Crippen LogP contribution in [-0.2, 0) is 6.42 Å². The molecule has 0 aliphatic carbocycles. The molecule has 1 aromatic carbocycles. The van der Waals surface area contributed by atoms with E-state index in [0.29, 0.717) is 18.2 Å². The SMILES string of the molecule is Cc1nc(SCCc2nnc(-c3ccccc3)o2)n[nH]1. The fourth-order valence-electron chi connectivity index (χ4n) is 1.67. The second-order valence-corrected chi connectivity index (χ2v) is 5.23. The number of aromatic nitrogens is 5. The zero-order valence-electron chi connectivity index (χ0n) is 10.9. The summed E-state index contributed by atoms with van der Waals surface area (Å²) in [5.41, 5.74) is 0.934. The summed E-state index contributed by atoms with van der Waals surface area (Å²) in [6.07, 6.45) is 0.693. The van der Waals surface area contributed by atoms with Gasteiger partial charge in [-0.25, -0.2) is 4.98 Å². The van der Waals surface area contributed by atoms with Gasteiger partial charge in [-0.05, 0) is 19.1 Å². The van der Waals surface area contributed by atoms with Crippen LogP contribution in [0.25, 0.3) is 11.5 Å². The number of nitrogens with zero attached hydrogens (tertiary/aromatic N) is 4. The first kappa shape index (κ1) is 12.9. The Kier molecular flexibility index (Phi) is 3.78. The van der Waals surface area contributed by atoms with Gasteiger partial charge in [0, 0.05) is 17.7 Å². The van der Waals surface area contributed by atoms with Crippen molar-refractivity contribution in [2.24, 2.45) is 0 Å². The van der Waals surface area contributed by atoms with Crippen molar-refractivity contribution >= 4 is 11.8 Å². The van der Waals surface area contributed by atoms with Gasteiger partial charge in [-0.1, -0.05) is 30.0 Å². The lowest BCUT2D eigenvalue weighted by Crippen LogP contribution is -1.89. The highest BCUT2D eigenvalue weighted by Gasteiger charge is 2.08. The van der Waals surface area contributed by atoms with Crippen LogP contribution < -0.4 is 0 Å². The van der Waals surface area contributed by atoms with E-state index >= 15 is 0 Å². The summed E-state index contributed by atoms with van der Waals surface area (Å²) in [4.78, 5) is 4.22. The lowest BCUT2D eigenvalue weighted by Gasteiger charge is -1.94. The summed E-state index contributed by atoms with van der Waals surface area (Å²) in [6.45, 7) is 1.88. The molecule has 6 nitrogen and oxygen atoms in total. The van der Waals surface area contributed by atoms with Crippen LogP contribution in [0.5, 0.6) is 0 Å². The molecule has 2 heterocycles. The van der Waals surface area contributed by atoms with Crippen LogP contribution in [0.15, 0.2) is 39.9 Å². The second-order valence-electron chi connectivity index (χ2n) is 4.17. The Morgan fingerprint density at radius 3 is 2.80 bits per heavy atom. The van der Waals surface area contributed by atoms with Crippen LogP contribution in [0, 0.1) is 6.92 Å². The van der Waals surface area contributed by atoms with Crippen molar-refractivity contribution in [1.29, 1.82) is 0 Å². The first-order valence-electron chi connectivity index (χ1n) is 6.21. The summed E-state index contributed by atoms with van der Waals surface area (Å²) < 4.78 is 5.63. The molecule has 0 radical (unpaired) electrons. The van der Waals surface area contributed by atoms with E-state index in [9.17, 15) is 0 Å². The van der Waals surface area contributed by atoms with Crippen LogP contribution in [0.1, 0.15) is 11.7 Å². The highest BCUT2D eigenvalue weighted by atomic mass is 32.2. The third kappa shape index (κ3) is 3.05. The van der Waals surface area contributed by atoms with Gasteiger partial charge in [0.05, 0.1) is 0 Å². The van der Waals surface area contributed by atoms with Crippen LogP contribution in [0.3, 0.4) is 0 Å². The first-order chi connectivity index (χ1) is 9.81. The molecule has 0 saturated heterocycles. The van der Waals surface area contributed by atoms with Gasteiger partial charge in [-0.15, -0.1) is 15.3 Å². The molecule has 0 unspecified atom stereocenters. The molecule has 20 heavy (non-hydrogen) atoms. The minimum atomic E-state index is 0.555. The average molecular weight is 287 g/mol. The zero-order valence-corrected chi connectivity index (χ0v) is 11.7. The highest BCUT2D eigenvalue weighted by Crippen LogP contribution is 2.19. The Bertz CT molecular complexity index is 679. The standard InChI is InChI=1S/C13H13N5OS/c1-9-14-13(18-15-9)20-8-7-11-16-17-12(19-11)10-5-3-2-4-6-10/h2-6H,7-8H2,1H3,(H,14,15,18). The molecule has 0 atom stereocenters. The topological polar surface area (TPSA) is 80.5 Å². The third-order valence-electron chi connectivity index (χ3n) is 2.61. The quantitative estimate of drug-likeness (QED) is 0.726. The van der Waals surface area contributed by atoms with E-state index in [2.05, 4.69) is 25.4 Å². The van der Waals surface area contributed by atoms with Gasteiger partial charge >= 0.3 is 0 Å². The van der Waals surface area contributed by atoms with E-state index < -0.39 is 0 Å². The minimum Gasteiger partial charge on any atom is -0.421 e. The van der Waals surface area contributed by atoms with E-state index in [1.54, 1.807) is 11.8 Å². The average Bonchev–Trinajstić information content (AvgIpc) is 3.09. The van der Waals surface area contributed by atoms with Crippen molar-refractivity contribution in [1.82, 2.24) is 25.4 Å². The van der Waals surface area contributed by atoms with Gasteiger partial charge in [-0.3, -0.25) is 5.10 Å². The van der Waals surface area contributed by atoms with Gasteiger partial charge in [0.25, 0.3) is 0 Å². The Morgan fingerprint density at radius 2 is 2.05 bits per heavy atom. The van der Waals surface area contributed by atoms with Crippen LogP contribution >= 0.6 is 11.8 Å². The number of hydrogen-bond acceptors (Lipinski definition) is 6. The Morgan fingerprint density at radius 1 is 1.20 bits per heavy atom. The molecule has 102 valence electrons. The van der Waals surface area contributed by atoms with Crippen molar-refractivity contribution < 1.29 is 4.42 Å². The summed E-state index contributed by atoms with van der Waals surface area (Å²) in [5, 5.41) is 15.7. The molecule has 7 heteroatoms. The molecule has 2 aromatic heterocycles. The molecule has 0 bridgehead atoms. The van der Waals surface area contributed by atoms with E-state index in [0.717, 1.165) is 22.3 Å². The molecule has 0 aliphatic rings. The van der Waals surface area contributed by atoms with E-state index in [-0.39, 0.29) is 0 Å². The van der Waals surface area contributed by atoms with Crippen LogP contribution in [-0.4, -0.2) is 31.1 Å². The Balaban J connectivity index is 1.58. The monoisotopic (exact) mass is 287 g/mol. The number of rotatable bonds is 5. The maximum absolute atomic E-state index is 5.63. The molecular formula is C13H13N5OS. The van der Waals surface area contributed by atoms with Gasteiger partial charge in [-0.2, -0.15) is 0 Å². The van der Waals surface area contributed by atoms with Gasteiger partial charge in [0.1, 0.15) is 5.82 Å². The molecule has 0 amide bonds. The Labute approximate surface area is 120 Å². The number of hydrogen-bond donors (Lipinski definition) is 1. The van der Waals surface area contributed by atoms with E-state index in [4.69, 9.17) is 4.42 Å². The zero-order chi connectivity index (χ0) is 13.8. The Hall–Kier alpha value is -2.15. The largest absolute Gasteiger partial charge is 0.421 e. The van der Waals surface area contributed by atoms with Gasteiger partial charge in [0.2, 0.25) is 16.9 Å². The fraction of sp³-hybridized carbons (Fsp3) is 0.231. The molecule has 0 spiro atoms. The van der Waals surface area contributed by atoms with Crippen molar-refractivity contribution in [3.63, 3.8) is 0 Å². The predicted molar refractivity (Wildman–Crippen MR) is 75.3 cm³/mol. The lowest BCUT2D eigenvalue weighted by molar-refractivity contribution is 0.514. The van der Waals surface area contributed by atoms with Crippen molar-refractivity contribution in [3.8, 4) is 11.5 Å².